The van der Waals surface area contributed by atoms with E-state index in [2.05, 4.69) is 9.74 Å². The van der Waals surface area contributed by atoms with Gasteiger partial charge in [0.25, 0.3) is 5.91 Å². The summed E-state index contributed by atoms with van der Waals surface area (Å²) >= 11 is 0. The van der Waals surface area contributed by atoms with E-state index in [9.17, 15) is 9.82 Å². The summed E-state index contributed by atoms with van der Waals surface area (Å²) in [6, 6.07) is 10.2. The van der Waals surface area contributed by atoms with E-state index in [1.807, 2.05) is 7.05 Å². The van der Waals surface area contributed by atoms with Gasteiger partial charge in [-0.05, 0) is 42.3 Å². The first-order valence-electron chi connectivity index (χ1n) is 9.74. The summed E-state index contributed by atoms with van der Waals surface area (Å²) in [5.41, 5.74) is 1.97. The molecule has 1 amide bonds. The zero-order valence-electron chi connectivity index (χ0n) is 17.1. The first kappa shape index (κ1) is 22.9. The van der Waals surface area contributed by atoms with Gasteiger partial charge in [-0.15, -0.1) is 12.4 Å². The highest BCUT2D eigenvalue weighted by molar-refractivity contribution is 6.61. The fraction of sp³-hybridized carbons (Fsp3) is 0.333. The molecular weight excluding hydrogens is 421 g/mol. The quantitative estimate of drug-likeness (QED) is 0.561. The summed E-state index contributed by atoms with van der Waals surface area (Å²) in [6.45, 7) is 10.5. The lowest BCUT2D eigenvalue weighted by atomic mass is 9.80. The molecule has 0 atom stereocenters. The summed E-state index contributed by atoms with van der Waals surface area (Å²) in [6.07, 6.45) is 0. The van der Waals surface area contributed by atoms with Crippen molar-refractivity contribution in [1.29, 1.82) is 0 Å². The van der Waals surface area contributed by atoms with E-state index in [-0.39, 0.29) is 24.9 Å². The van der Waals surface area contributed by atoms with E-state index in [0.717, 1.165) is 24.1 Å². The average Bonchev–Trinajstić information content (AvgIpc) is 3.13. The van der Waals surface area contributed by atoms with Crippen LogP contribution in [0.15, 0.2) is 36.4 Å². The van der Waals surface area contributed by atoms with Crippen LogP contribution >= 0.6 is 12.4 Å². The third-order valence-electron chi connectivity index (χ3n) is 5.27. The second-order valence-corrected chi connectivity index (χ2v) is 7.34. The molecule has 0 radical (unpaired) electrons. The van der Waals surface area contributed by atoms with Crippen molar-refractivity contribution < 1.29 is 23.9 Å². The number of carbonyl (C=O) groups excluding carboxylic acids is 1. The molecule has 2 heterocycles. The van der Waals surface area contributed by atoms with Crippen LogP contribution in [0.2, 0.25) is 0 Å². The molecule has 1 saturated heterocycles. The fourth-order valence-electron chi connectivity index (χ4n) is 3.45. The normalized spacial score (nSPS) is 15.6. The topological polar surface area (TPSA) is 75.8 Å². The lowest BCUT2D eigenvalue weighted by Crippen LogP contribution is -2.48. The number of fused-ring (bicyclic) bond motifs is 1. The SMILES string of the molecule is Cl.[C-]#[N+]c1ccc(Oc2ccc3c(c2)COB3O)c(OCC(=O)N2CCN(C)CC2)c1. The molecule has 0 aromatic heterocycles. The van der Waals surface area contributed by atoms with Crippen molar-refractivity contribution in [3.63, 3.8) is 0 Å². The number of carbonyl (C=O) groups is 1. The number of nitrogens with zero attached hydrogens (tertiary/aromatic N) is 3. The van der Waals surface area contributed by atoms with Crippen LogP contribution in [-0.2, 0) is 16.1 Å². The molecule has 0 spiro atoms. The Morgan fingerprint density at radius 2 is 1.97 bits per heavy atom. The van der Waals surface area contributed by atoms with E-state index in [4.69, 9.17) is 20.7 Å². The predicted octanol–water partition coefficient (Wildman–Crippen LogP) is 1.82. The zero-order valence-corrected chi connectivity index (χ0v) is 17.9. The lowest BCUT2D eigenvalue weighted by molar-refractivity contribution is -0.134. The first-order valence-corrected chi connectivity index (χ1v) is 9.74. The zero-order chi connectivity index (χ0) is 21.1. The van der Waals surface area contributed by atoms with Gasteiger partial charge in [-0.25, -0.2) is 4.85 Å². The maximum atomic E-state index is 12.5. The minimum Gasteiger partial charge on any atom is -0.481 e. The van der Waals surface area contributed by atoms with Gasteiger partial charge in [0.1, 0.15) is 5.75 Å². The van der Waals surface area contributed by atoms with Gasteiger partial charge >= 0.3 is 7.12 Å². The Hall–Kier alpha value is -2.77. The smallest absolute Gasteiger partial charge is 0.481 e. The van der Waals surface area contributed by atoms with Gasteiger partial charge in [0, 0.05) is 26.2 Å². The molecular formula is C21H23BClN3O5. The van der Waals surface area contributed by atoms with Crippen LogP contribution in [0.3, 0.4) is 0 Å². The standard InChI is InChI=1S/C21H22BN3O5.ClH/c1-23-16-3-6-19(30-17-4-5-18-15(11-17)13-29-22(18)27)20(12-16)28-14-21(26)25-9-7-24(2)8-10-25;/h3-6,11-12,27H,7-10,13-14H2,2H3;1H. The number of ether oxygens (including phenoxy) is 2. The highest BCUT2D eigenvalue weighted by atomic mass is 35.5. The Morgan fingerprint density at radius 3 is 2.71 bits per heavy atom. The minimum atomic E-state index is -0.911. The molecule has 0 aliphatic carbocycles. The van der Waals surface area contributed by atoms with E-state index in [0.29, 0.717) is 42.6 Å². The van der Waals surface area contributed by atoms with E-state index >= 15 is 0 Å². The Kier molecular flexibility index (Phi) is 7.41. The van der Waals surface area contributed by atoms with Crippen LogP contribution in [0.4, 0.5) is 5.69 Å². The molecule has 1 fully saturated rings. The minimum absolute atomic E-state index is 0. The number of rotatable bonds is 5. The van der Waals surface area contributed by atoms with Crippen LogP contribution in [-0.4, -0.2) is 67.7 Å². The predicted molar refractivity (Wildman–Crippen MR) is 118 cm³/mol. The molecule has 2 aliphatic heterocycles. The largest absolute Gasteiger partial charge is 0.491 e. The van der Waals surface area contributed by atoms with Gasteiger partial charge in [-0.2, -0.15) is 0 Å². The Bertz CT molecular complexity index is 991. The molecule has 2 aromatic rings. The highest BCUT2D eigenvalue weighted by Gasteiger charge is 2.27. The van der Waals surface area contributed by atoms with Gasteiger partial charge in [-0.3, -0.25) is 4.79 Å². The van der Waals surface area contributed by atoms with Gasteiger partial charge in [0.15, 0.2) is 23.8 Å². The fourth-order valence-corrected chi connectivity index (χ4v) is 3.45. The number of hydrogen-bond donors (Lipinski definition) is 1. The molecule has 1 N–H and O–H groups in total. The second kappa shape index (κ2) is 10.0. The van der Waals surface area contributed by atoms with Crippen molar-refractivity contribution in [3.8, 4) is 17.2 Å². The Morgan fingerprint density at radius 1 is 1.19 bits per heavy atom. The van der Waals surface area contributed by atoms with E-state index in [1.54, 1.807) is 41.3 Å². The number of halogens is 1. The van der Waals surface area contributed by atoms with Crippen molar-refractivity contribution in [2.24, 2.45) is 0 Å². The summed E-state index contributed by atoms with van der Waals surface area (Å²) < 4.78 is 16.9. The van der Waals surface area contributed by atoms with Crippen molar-refractivity contribution in [3.05, 3.63) is 53.4 Å². The van der Waals surface area contributed by atoms with Gasteiger partial charge in [-0.1, -0.05) is 12.1 Å². The van der Waals surface area contributed by atoms with Crippen LogP contribution in [0, 0.1) is 6.57 Å². The number of piperazine rings is 1. The third kappa shape index (κ3) is 5.29. The molecule has 162 valence electrons. The Labute approximate surface area is 187 Å². The molecule has 0 bridgehead atoms. The van der Waals surface area contributed by atoms with E-state index < -0.39 is 7.12 Å². The van der Waals surface area contributed by atoms with Crippen LogP contribution in [0.25, 0.3) is 4.85 Å². The van der Waals surface area contributed by atoms with Gasteiger partial charge in [0.2, 0.25) is 0 Å². The summed E-state index contributed by atoms with van der Waals surface area (Å²) in [5, 5.41) is 9.76. The molecule has 0 unspecified atom stereocenters. The molecule has 2 aromatic carbocycles. The third-order valence-corrected chi connectivity index (χ3v) is 5.27. The number of hydrogen-bond acceptors (Lipinski definition) is 6. The van der Waals surface area contributed by atoms with Gasteiger partial charge in [0.05, 0.1) is 13.2 Å². The van der Waals surface area contributed by atoms with E-state index in [1.165, 1.54) is 0 Å². The van der Waals surface area contributed by atoms with Crippen LogP contribution in [0.5, 0.6) is 17.2 Å². The number of amides is 1. The molecule has 8 nitrogen and oxygen atoms in total. The molecule has 2 aliphatic rings. The first-order chi connectivity index (χ1) is 14.5. The molecule has 4 rings (SSSR count). The maximum absolute atomic E-state index is 12.5. The highest BCUT2D eigenvalue weighted by Crippen LogP contribution is 2.35. The summed E-state index contributed by atoms with van der Waals surface area (Å²) in [7, 11) is 1.12. The number of benzene rings is 2. The van der Waals surface area contributed by atoms with Crippen molar-refractivity contribution >= 4 is 36.6 Å². The van der Waals surface area contributed by atoms with Gasteiger partial charge < -0.3 is 29.0 Å². The van der Waals surface area contributed by atoms with Crippen molar-refractivity contribution in [2.45, 2.75) is 6.61 Å². The number of likely N-dealkylation sites (N-methyl/N-ethyl adjacent to an activating group) is 1. The molecule has 10 heteroatoms. The second-order valence-electron chi connectivity index (χ2n) is 7.34. The molecule has 0 saturated carbocycles. The lowest BCUT2D eigenvalue weighted by Gasteiger charge is -2.32. The maximum Gasteiger partial charge on any atom is 0.491 e. The average molecular weight is 444 g/mol. The summed E-state index contributed by atoms with van der Waals surface area (Å²) in [4.78, 5) is 19.9. The summed E-state index contributed by atoms with van der Waals surface area (Å²) in [5.74, 6) is 1.21. The van der Waals surface area contributed by atoms with Crippen molar-refractivity contribution in [2.75, 3.05) is 39.8 Å². The molecule has 31 heavy (non-hydrogen) atoms. The van der Waals surface area contributed by atoms with Crippen LogP contribution < -0.4 is 14.9 Å². The van der Waals surface area contributed by atoms with Crippen LogP contribution in [0.1, 0.15) is 5.56 Å². The Balaban J connectivity index is 0.00000272. The van der Waals surface area contributed by atoms with Crippen molar-refractivity contribution in [1.82, 2.24) is 9.80 Å². The monoisotopic (exact) mass is 443 g/mol.